The van der Waals surface area contributed by atoms with Crippen LogP contribution in [-0.2, 0) is 4.74 Å². The van der Waals surface area contributed by atoms with Crippen molar-refractivity contribution in [2.75, 3.05) is 6.61 Å². The Morgan fingerprint density at radius 1 is 1.04 bits per heavy atom. The van der Waals surface area contributed by atoms with E-state index < -0.39 is 66.0 Å². The van der Waals surface area contributed by atoms with Crippen LogP contribution < -0.4 is 4.74 Å². The molecule has 3 rings (SSSR count). The van der Waals surface area contributed by atoms with Crippen molar-refractivity contribution in [1.82, 2.24) is 0 Å². The number of aliphatic hydroxyl groups excluding tert-OH is 5. The van der Waals surface area contributed by atoms with Gasteiger partial charge in [0.05, 0.1) is 12.2 Å². The van der Waals surface area contributed by atoms with E-state index in [0.29, 0.717) is 0 Å². The van der Waals surface area contributed by atoms with E-state index in [9.17, 15) is 40.2 Å². The van der Waals surface area contributed by atoms with Crippen LogP contribution in [0.25, 0.3) is 0 Å². The lowest BCUT2D eigenvalue weighted by molar-refractivity contribution is -0.277. The van der Waals surface area contributed by atoms with Crippen molar-refractivity contribution in [2.45, 2.75) is 37.6 Å². The van der Waals surface area contributed by atoms with E-state index in [1.165, 1.54) is 13.0 Å². The first-order valence-electron chi connectivity index (χ1n) is 8.01. The molecule has 1 fully saturated rings. The van der Waals surface area contributed by atoms with Gasteiger partial charge < -0.3 is 40.1 Å². The van der Waals surface area contributed by atoms with Gasteiger partial charge in [0.25, 0.3) is 0 Å². The van der Waals surface area contributed by atoms with Crippen LogP contribution in [0.5, 0.6) is 11.5 Å². The zero-order valence-corrected chi connectivity index (χ0v) is 14.1. The van der Waals surface area contributed by atoms with Crippen LogP contribution in [-0.4, -0.2) is 79.5 Å². The normalized spacial score (nSPS) is 31.1. The Morgan fingerprint density at radius 2 is 1.70 bits per heavy atom. The highest BCUT2D eigenvalue weighted by atomic mass is 16.7. The molecule has 0 spiro atoms. The Kier molecular flexibility index (Phi) is 4.93. The first-order chi connectivity index (χ1) is 12.7. The molecule has 0 radical (unpaired) electrons. The Hall–Kier alpha value is -2.50. The second kappa shape index (κ2) is 6.91. The van der Waals surface area contributed by atoms with Crippen LogP contribution in [0.2, 0.25) is 0 Å². The van der Waals surface area contributed by atoms with Gasteiger partial charge in [-0.1, -0.05) is 0 Å². The number of fused-ring (bicyclic) bond motifs is 1. The Morgan fingerprint density at radius 3 is 2.33 bits per heavy atom. The molecule has 10 nitrogen and oxygen atoms in total. The van der Waals surface area contributed by atoms with Crippen molar-refractivity contribution in [3.8, 4) is 11.5 Å². The topological polar surface area (TPSA) is 174 Å². The molecule has 6 N–H and O–H groups in total. The van der Waals surface area contributed by atoms with E-state index in [2.05, 4.69) is 0 Å². The van der Waals surface area contributed by atoms with Gasteiger partial charge in [-0.2, -0.15) is 0 Å². The average molecular weight is 382 g/mol. The second-order valence-corrected chi connectivity index (χ2v) is 6.28. The molecular formula is C17H18O10. The monoisotopic (exact) mass is 382 g/mol. The highest BCUT2D eigenvalue weighted by Crippen LogP contribution is 2.39. The second-order valence-electron chi connectivity index (χ2n) is 6.28. The van der Waals surface area contributed by atoms with E-state index in [1.54, 1.807) is 0 Å². The minimum absolute atomic E-state index is 0.131. The maximum absolute atomic E-state index is 12.2. The van der Waals surface area contributed by atoms with Crippen molar-refractivity contribution in [1.29, 1.82) is 0 Å². The molecule has 0 unspecified atom stereocenters. The summed E-state index contributed by atoms with van der Waals surface area (Å²) in [6.07, 6.45) is -7.84. The molecule has 1 saturated heterocycles. The van der Waals surface area contributed by atoms with Gasteiger partial charge in [0.2, 0.25) is 12.1 Å². The first kappa shape index (κ1) is 19.3. The van der Waals surface area contributed by atoms with Gasteiger partial charge in [-0.3, -0.25) is 9.59 Å². The van der Waals surface area contributed by atoms with Gasteiger partial charge in [-0.05, 0) is 19.1 Å². The molecule has 1 heterocycles. The number of aliphatic hydroxyl groups is 5. The third-order valence-electron chi connectivity index (χ3n) is 4.62. The quantitative estimate of drug-likeness (QED) is 0.372. The summed E-state index contributed by atoms with van der Waals surface area (Å²) in [5.41, 5.74) is -0.756. The Balaban J connectivity index is 1.95. The van der Waals surface area contributed by atoms with Gasteiger partial charge in [0.1, 0.15) is 24.4 Å². The van der Waals surface area contributed by atoms with Crippen molar-refractivity contribution < 1.29 is 49.7 Å². The molecule has 0 bridgehead atoms. The fourth-order valence-corrected chi connectivity index (χ4v) is 2.97. The lowest BCUT2D eigenvalue weighted by Gasteiger charge is -2.39. The highest BCUT2D eigenvalue weighted by molar-refractivity contribution is 6.27. The van der Waals surface area contributed by atoms with Crippen LogP contribution in [0.1, 0.15) is 27.6 Å². The first-order valence-corrected chi connectivity index (χ1v) is 8.01. The zero-order chi connectivity index (χ0) is 20.0. The zero-order valence-electron chi connectivity index (χ0n) is 14.1. The van der Waals surface area contributed by atoms with Gasteiger partial charge in [-0.25, -0.2) is 0 Å². The molecule has 0 aromatic heterocycles. The molecule has 1 aromatic carbocycles. The molecule has 0 saturated carbocycles. The Labute approximate surface area is 152 Å². The standard InChI is InChI=1S/C17H18O10/c1-5-10(19)6-2-3-7(12(21)9(6)14(23)11(5)20)26-17-16(25)15(24)13(22)8(4-18)27-17/h2-3,8,13,15-18,20-22,24-25H,4H2,1H3/t8-,13-,15+,16-,17-/m1/s1. The van der Waals surface area contributed by atoms with Crippen molar-refractivity contribution in [2.24, 2.45) is 0 Å². The predicted molar refractivity (Wildman–Crippen MR) is 86.5 cm³/mol. The molecule has 1 aliphatic heterocycles. The Bertz CT molecular complexity index is 827. The summed E-state index contributed by atoms with van der Waals surface area (Å²) in [5.74, 6) is -3.54. The number of hydrogen-bond donors (Lipinski definition) is 6. The average Bonchev–Trinajstić information content (AvgIpc) is 2.66. The van der Waals surface area contributed by atoms with Gasteiger partial charge >= 0.3 is 0 Å². The molecule has 0 amide bonds. The predicted octanol–water partition coefficient (Wildman–Crippen LogP) is -1.22. The molecule has 27 heavy (non-hydrogen) atoms. The van der Waals surface area contributed by atoms with Crippen molar-refractivity contribution >= 4 is 11.6 Å². The lowest BCUT2D eigenvalue weighted by Crippen LogP contribution is -2.60. The van der Waals surface area contributed by atoms with Crippen LogP contribution in [0.4, 0.5) is 0 Å². The molecule has 1 aromatic rings. The SMILES string of the molecule is CC1=C(O)C(=O)c2c(ccc(O[C@@H]3O[C@H](CO)[C@@H](O)[C@H](O)[C@H]3O)c2O)C1=O. The van der Waals surface area contributed by atoms with Gasteiger partial charge in [0.15, 0.2) is 23.0 Å². The summed E-state index contributed by atoms with van der Waals surface area (Å²) < 4.78 is 10.5. The fourth-order valence-electron chi connectivity index (χ4n) is 2.97. The van der Waals surface area contributed by atoms with Crippen molar-refractivity contribution in [3.63, 3.8) is 0 Å². The van der Waals surface area contributed by atoms with Gasteiger partial charge in [0, 0.05) is 11.1 Å². The number of carbonyl (C=O) groups excluding carboxylic acids is 2. The van der Waals surface area contributed by atoms with E-state index in [-0.39, 0.29) is 16.9 Å². The number of benzene rings is 1. The largest absolute Gasteiger partial charge is 0.504 e. The summed E-state index contributed by atoms with van der Waals surface area (Å²) in [5, 5.41) is 58.8. The van der Waals surface area contributed by atoms with Crippen LogP contribution in [0.15, 0.2) is 23.5 Å². The number of ether oxygens (including phenoxy) is 2. The van der Waals surface area contributed by atoms with Crippen molar-refractivity contribution in [3.05, 3.63) is 34.6 Å². The number of ketones is 2. The third-order valence-corrected chi connectivity index (χ3v) is 4.62. The number of Topliss-reactive ketones (excluding diaryl/α,β-unsaturated/α-hetero) is 2. The number of allylic oxidation sites excluding steroid dienone is 2. The third kappa shape index (κ3) is 2.97. The number of aromatic hydroxyl groups is 1. The summed E-state index contributed by atoms with van der Waals surface area (Å²) in [4.78, 5) is 24.4. The summed E-state index contributed by atoms with van der Waals surface area (Å²) in [6.45, 7) is 0.597. The number of rotatable bonds is 3. The number of hydrogen-bond acceptors (Lipinski definition) is 10. The number of carbonyl (C=O) groups is 2. The van der Waals surface area contributed by atoms with E-state index in [0.717, 1.165) is 6.07 Å². The van der Waals surface area contributed by atoms with Crippen LogP contribution in [0, 0.1) is 0 Å². The number of phenolic OH excluding ortho intramolecular Hbond substituents is 1. The van der Waals surface area contributed by atoms with E-state index >= 15 is 0 Å². The molecule has 2 aliphatic rings. The maximum Gasteiger partial charge on any atom is 0.232 e. The minimum atomic E-state index is -1.73. The smallest absolute Gasteiger partial charge is 0.232 e. The summed E-state index contributed by atoms with van der Waals surface area (Å²) in [7, 11) is 0. The highest BCUT2D eigenvalue weighted by Gasteiger charge is 2.45. The lowest BCUT2D eigenvalue weighted by atomic mass is 9.88. The van der Waals surface area contributed by atoms with Crippen LogP contribution in [0.3, 0.4) is 0 Å². The molecule has 10 heteroatoms. The minimum Gasteiger partial charge on any atom is -0.504 e. The molecule has 5 atom stereocenters. The maximum atomic E-state index is 12.2. The summed E-state index contributed by atoms with van der Waals surface area (Å²) in [6, 6.07) is 2.35. The van der Waals surface area contributed by atoms with Gasteiger partial charge in [-0.15, -0.1) is 0 Å². The molecule has 146 valence electrons. The molecule has 1 aliphatic carbocycles. The van der Waals surface area contributed by atoms with Crippen LogP contribution >= 0.6 is 0 Å². The molecular weight excluding hydrogens is 364 g/mol. The number of phenols is 1. The summed E-state index contributed by atoms with van der Waals surface area (Å²) >= 11 is 0. The van der Waals surface area contributed by atoms with E-state index in [4.69, 9.17) is 9.47 Å². The van der Waals surface area contributed by atoms with E-state index in [1.807, 2.05) is 0 Å². The fraction of sp³-hybridized carbons (Fsp3) is 0.412.